The number of hydrogen-bond donors (Lipinski definition) is 3. The molecule has 0 fully saturated rings. The highest BCUT2D eigenvalue weighted by atomic mass is 32.2. The van der Waals surface area contributed by atoms with Gasteiger partial charge in [-0.2, -0.15) is 13.2 Å². The van der Waals surface area contributed by atoms with Gasteiger partial charge in [-0.15, -0.1) is 11.8 Å². The Hall–Kier alpha value is -3.32. The van der Waals surface area contributed by atoms with Gasteiger partial charge in [-0.25, -0.2) is 17.6 Å². The molecule has 3 aromatic carbocycles. The zero-order valence-electron chi connectivity index (χ0n) is 17.3. The predicted molar refractivity (Wildman–Crippen MR) is 123 cm³/mol. The molecule has 0 radical (unpaired) electrons. The van der Waals surface area contributed by atoms with E-state index in [0.29, 0.717) is 15.7 Å². The van der Waals surface area contributed by atoms with Crippen molar-refractivity contribution in [2.45, 2.75) is 11.1 Å². The largest absolute Gasteiger partial charge is 0.422 e. The van der Waals surface area contributed by atoms with Gasteiger partial charge < -0.3 is 16.0 Å². The summed E-state index contributed by atoms with van der Waals surface area (Å²) in [5, 5.41) is 7.84. The smallest absolute Gasteiger partial charge is 0.332 e. The molecular formula is C22H14F7N3OS2. The monoisotopic (exact) mass is 533 g/mol. The van der Waals surface area contributed by atoms with Crippen molar-refractivity contribution in [3.8, 4) is 0 Å². The SMILES string of the molecule is O=C(CSc1ccc(NC(=S)Nc2ccccc2)cc1)Nc1c(F)c(F)c(C(F)(F)F)c(F)c1F. The number of para-hydroxylation sites is 1. The van der Waals surface area contributed by atoms with Crippen LogP contribution in [0, 0.1) is 23.3 Å². The number of rotatable bonds is 6. The molecule has 13 heteroatoms. The molecule has 0 bridgehead atoms. The summed E-state index contributed by atoms with van der Waals surface area (Å²) in [4.78, 5) is 12.6. The molecule has 0 aliphatic carbocycles. The standard InChI is InChI=1S/C22H14F7N3OS2/c23-16-15(22(27,28)29)17(24)19(26)20(18(16)25)32-14(33)10-35-13-8-6-12(7-9-13)31-21(34)30-11-4-2-1-3-5-11/h1-9H,10H2,(H,32,33)(H2,30,31,34). The number of hydrogen-bond acceptors (Lipinski definition) is 3. The fourth-order valence-electron chi connectivity index (χ4n) is 2.76. The minimum absolute atomic E-state index is 0.330. The van der Waals surface area contributed by atoms with Crippen LogP contribution >= 0.6 is 24.0 Å². The van der Waals surface area contributed by atoms with Gasteiger partial charge >= 0.3 is 6.18 Å². The Morgan fingerprint density at radius 2 is 1.29 bits per heavy atom. The third-order valence-electron chi connectivity index (χ3n) is 4.33. The van der Waals surface area contributed by atoms with Gasteiger partial charge in [0, 0.05) is 16.3 Å². The van der Waals surface area contributed by atoms with Gasteiger partial charge in [0.1, 0.15) is 11.3 Å². The highest BCUT2D eigenvalue weighted by Crippen LogP contribution is 2.38. The van der Waals surface area contributed by atoms with Crippen LogP contribution in [0.15, 0.2) is 59.5 Å². The summed E-state index contributed by atoms with van der Waals surface area (Å²) in [6.07, 6.45) is -5.67. The van der Waals surface area contributed by atoms with E-state index in [-0.39, 0.29) is 0 Å². The number of amides is 1. The summed E-state index contributed by atoms with van der Waals surface area (Å²) < 4.78 is 93.1. The van der Waals surface area contributed by atoms with Gasteiger partial charge in [0.15, 0.2) is 28.4 Å². The highest BCUT2D eigenvalue weighted by Gasteiger charge is 2.42. The molecular weight excluding hydrogens is 519 g/mol. The van der Waals surface area contributed by atoms with E-state index in [0.717, 1.165) is 17.4 Å². The van der Waals surface area contributed by atoms with Crippen LogP contribution < -0.4 is 16.0 Å². The van der Waals surface area contributed by atoms with Crippen molar-refractivity contribution in [1.29, 1.82) is 0 Å². The van der Waals surface area contributed by atoms with Crippen molar-refractivity contribution in [3.05, 3.63) is 83.4 Å². The number of nitrogens with one attached hydrogen (secondary N) is 3. The van der Waals surface area contributed by atoms with Crippen molar-refractivity contribution in [3.63, 3.8) is 0 Å². The Kier molecular flexibility index (Phi) is 8.22. The van der Waals surface area contributed by atoms with Crippen LogP contribution in [0.3, 0.4) is 0 Å². The van der Waals surface area contributed by atoms with E-state index in [4.69, 9.17) is 12.2 Å². The Labute approximate surface area is 203 Å². The molecule has 35 heavy (non-hydrogen) atoms. The number of halogens is 7. The molecule has 3 rings (SSSR count). The third kappa shape index (κ3) is 6.63. The van der Waals surface area contributed by atoms with Crippen molar-refractivity contribution in [2.75, 3.05) is 21.7 Å². The predicted octanol–water partition coefficient (Wildman–Crippen LogP) is 6.80. The highest BCUT2D eigenvalue weighted by molar-refractivity contribution is 8.00. The summed E-state index contributed by atoms with van der Waals surface area (Å²) in [5.74, 6) is -11.6. The van der Waals surface area contributed by atoms with Crippen LogP contribution in [-0.4, -0.2) is 16.8 Å². The zero-order valence-corrected chi connectivity index (χ0v) is 18.9. The lowest BCUT2D eigenvalue weighted by atomic mass is 10.1. The molecule has 0 heterocycles. The van der Waals surface area contributed by atoms with Crippen molar-refractivity contribution in [1.82, 2.24) is 0 Å². The summed E-state index contributed by atoms with van der Waals surface area (Å²) in [7, 11) is 0. The van der Waals surface area contributed by atoms with Crippen LogP contribution in [0.25, 0.3) is 0 Å². The van der Waals surface area contributed by atoms with Gasteiger partial charge in [-0.05, 0) is 48.6 Å². The first-order chi connectivity index (χ1) is 16.5. The lowest BCUT2D eigenvalue weighted by molar-refractivity contribution is -0.143. The van der Waals surface area contributed by atoms with Crippen LogP contribution in [0.5, 0.6) is 0 Å². The first kappa shape index (κ1) is 26.3. The second-order valence-corrected chi connectivity index (χ2v) is 8.27. The average molecular weight is 533 g/mol. The molecule has 3 N–H and O–H groups in total. The maximum absolute atomic E-state index is 13.9. The molecule has 0 atom stereocenters. The zero-order chi connectivity index (χ0) is 25.8. The fraction of sp³-hybridized carbons (Fsp3) is 0.0909. The Morgan fingerprint density at radius 3 is 1.80 bits per heavy atom. The molecule has 0 aliphatic rings. The van der Waals surface area contributed by atoms with Crippen molar-refractivity contribution in [2.24, 2.45) is 0 Å². The second kappa shape index (κ2) is 11.0. The van der Waals surface area contributed by atoms with Gasteiger partial charge in [-0.3, -0.25) is 4.79 Å². The molecule has 0 spiro atoms. The number of carbonyl (C=O) groups is 1. The molecule has 1 amide bonds. The maximum Gasteiger partial charge on any atom is 0.422 e. The Balaban J connectivity index is 1.59. The number of anilines is 3. The summed E-state index contributed by atoms with van der Waals surface area (Å²) in [6, 6.07) is 15.6. The first-order valence-electron chi connectivity index (χ1n) is 9.56. The lowest BCUT2D eigenvalue weighted by Gasteiger charge is -2.14. The van der Waals surface area contributed by atoms with Crippen LogP contribution in [0.2, 0.25) is 0 Å². The fourth-order valence-corrected chi connectivity index (χ4v) is 3.70. The van der Waals surface area contributed by atoms with E-state index in [1.807, 2.05) is 30.3 Å². The number of carbonyl (C=O) groups excluding carboxylic acids is 1. The van der Waals surface area contributed by atoms with Gasteiger partial charge in [0.05, 0.1) is 5.75 Å². The van der Waals surface area contributed by atoms with Crippen LogP contribution in [0.4, 0.5) is 47.8 Å². The minimum Gasteiger partial charge on any atom is -0.332 e. The van der Waals surface area contributed by atoms with Crippen molar-refractivity contribution < 1.29 is 35.5 Å². The number of thiocarbonyl (C=S) groups is 1. The molecule has 0 saturated carbocycles. The molecule has 3 aromatic rings. The van der Waals surface area contributed by atoms with Crippen LogP contribution in [0.1, 0.15) is 5.56 Å². The van der Waals surface area contributed by atoms with Gasteiger partial charge in [0.2, 0.25) is 5.91 Å². The van der Waals surface area contributed by atoms with E-state index in [9.17, 15) is 35.5 Å². The van der Waals surface area contributed by atoms with Crippen molar-refractivity contribution >= 4 is 52.1 Å². The minimum atomic E-state index is -5.67. The molecule has 0 aliphatic heterocycles. The second-order valence-electron chi connectivity index (χ2n) is 6.81. The quantitative estimate of drug-likeness (QED) is 0.141. The molecule has 0 unspecified atom stereocenters. The molecule has 0 aromatic heterocycles. The van der Waals surface area contributed by atoms with Gasteiger partial charge in [0.25, 0.3) is 0 Å². The van der Waals surface area contributed by atoms with Gasteiger partial charge in [-0.1, -0.05) is 18.2 Å². The third-order valence-corrected chi connectivity index (χ3v) is 5.54. The van der Waals surface area contributed by atoms with E-state index < -0.39 is 52.4 Å². The van der Waals surface area contributed by atoms with Crippen LogP contribution in [-0.2, 0) is 11.0 Å². The van der Waals surface area contributed by atoms with E-state index >= 15 is 0 Å². The normalized spacial score (nSPS) is 11.2. The van der Waals surface area contributed by atoms with E-state index in [1.54, 1.807) is 29.6 Å². The summed E-state index contributed by atoms with van der Waals surface area (Å²) in [5.41, 5.74) is -2.96. The number of thioether (sulfide) groups is 1. The molecule has 184 valence electrons. The lowest BCUT2D eigenvalue weighted by Crippen LogP contribution is -2.21. The van der Waals surface area contributed by atoms with E-state index in [1.165, 1.54) is 0 Å². The topological polar surface area (TPSA) is 53.2 Å². The number of benzene rings is 3. The Morgan fingerprint density at radius 1 is 0.771 bits per heavy atom. The van der Waals surface area contributed by atoms with E-state index in [2.05, 4.69) is 10.6 Å². The Bertz CT molecular complexity index is 1210. The maximum atomic E-state index is 13.9. The average Bonchev–Trinajstić information content (AvgIpc) is 2.80. The summed E-state index contributed by atoms with van der Waals surface area (Å²) >= 11 is 6.11. The number of alkyl halides is 3. The molecule has 4 nitrogen and oxygen atoms in total. The first-order valence-corrected chi connectivity index (χ1v) is 11.0. The summed E-state index contributed by atoms with van der Waals surface area (Å²) in [6.45, 7) is 0. The molecule has 0 saturated heterocycles.